The van der Waals surface area contributed by atoms with Gasteiger partial charge in [-0.15, -0.1) is 0 Å². The van der Waals surface area contributed by atoms with Crippen molar-refractivity contribution in [3.63, 3.8) is 0 Å². The lowest BCUT2D eigenvalue weighted by molar-refractivity contribution is -0.126. The van der Waals surface area contributed by atoms with E-state index in [4.69, 9.17) is 5.73 Å². The van der Waals surface area contributed by atoms with Gasteiger partial charge in [-0.2, -0.15) is 13.9 Å². The van der Waals surface area contributed by atoms with Crippen molar-refractivity contribution in [3.8, 4) is 5.88 Å². The molecule has 0 fully saturated rings. The van der Waals surface area contributed by atoms with Gasteiger partial charge in [-0.3, -0.25) is 14.7 Å². The first kappa shape index (κ1) is 19.8. The Balaban J connectivity index is 1.67. The summed E-state index contributed by atoms with van der Waals surface area (Å²) in [4.78, 5) is 32.6. The number of carbonyl (C=O) groups is 2. The highest BCUT2D eigenvalue weighted by Gasteiger charge is 2.39. The lowest BCUT2D eigenvalue weighted by Gasteiger charge is -2.37. The summed E-state index contributed by atoms with van der Waals surface area (Å²) in [6.45, 7) is 1.63. The second-order valence-corrected chi connectivity index (χ2v) is 7.05. The van der Waals surface area contributed by atoms with Gasteiger partial charge >= 0.3 is 6.61 Å². The van der Waals surface area contributed by atoms with Crippen LogP contribution in [-0.4, -0.2) is 63.0 Å². The van der Waals surface area contributed by atoms with Gasteiger partial charge in [0.05, 0.1) is 23.0 Å². The van der Waals surface area contributed by atoms with Crippen LogP contribution in [-0.2, 0) is 17.6 Å². The zero-order chi connectivity index (χ0) is 21.4. The number of carbonyl (C=O) groups excluding carboxylic acids is 2. The van der Waals surface area contributed by atoms with Gasteiger partial charge in [-0.25, -0.2) is 4.98 Å². The molecule has 0 bridgehead atoms. The fraction of sp³-hybridized carbons (Fsp3) is 0.368. The number of aromatic nitrogens is 3. The van der Waals surface area contributed by atoms with Crippen LogP contribution in [0.4, 0.5) is 14.5 Å². The van der Waals surface area contributed by atoms with Crippen LogP contribution < -0.4 is 10.5 Å². The molecule has 2 amide bonds. The molecule has 9 nitrogen and oxygen atoms in total. The second kappa shape index (κ2) is 7.73. The van der Waals surface area contributed by atoms with Gasteiger partial charge in [0.1, 0.15) is 0 Å². The lowest BCUT2D eigenvalue weighted by atomic mass is 9.95. The van der Waals surface area contributed by atoms with E-state index in [-0.39, 0.29) is 29.6 Å². The van der Waals surface area contributed by atoms with Crippen LogP contribution >= 0.6 is 0 Å². The molecule has 0 aliphatic carbocycles. The number of alkyl halides is 2. The molecule has 158 valence electrons. The number of nitrogen functional groups attached to an aromatic ring is 1. The fourth-order valence-corrected chi connectivity index (χ4v) is 3.99. The highest BCUT2D eigenvalue weighted by molar-refractivity contribution is 5.99. The maximum Gasteiger partial charge on any atom is 0.388 e. The number of aromatic amines is 1. The Morgan fingerprint density at radius 1 is 1.37 bits per heavy atom. The van der Waals surface area contributed by atoms with Gasteiger partial charge < -0.3 is 20.3 Å². The van der Waals surface area contributed by atoms with E-state index in [0.29, 0.717) is 25.9 Å². The normalized spacial score (nSPS) is 18.0. The summed E-state index contributed by atoms with van der Waals surface area (Å²) in [6.07, 6.45) is 3.51. The zero-order valence-electron chi connectivity index (χ0n) is 16.0. The van der Waals surface area contributed by atoms with Crippen molar-refractivity contribution in [2.45, 2.75) is 25.5 Å². The van der Waals surface area contributed by atoms with Crippen LogP contribution in [0.3, 0.4) is 0 Å². The molecule has 0 aromatic carbocycles. The lowest BCUT2D eigenvalue weighted by Crippen LogP contribution is -2.45. The number of nitrogens with zero attached hydrogens (tertiary/aromatic N) is 4. The number of H-pyrrole nitrogens is 1. The van der Waals surface area contributed by atoms with Crippen molar-refractivity contribution in [3.05, 3.63) is 47.4 Å². The Morgan fingerprint density at radius 3 is 2.87 bits per heavy atom. The van der Waals surface area contributed by atoms with E-state index in [1.165, 1.54) is 6.08 Å². The number of nitrogens with two attached hydrogens (primary N) is 1. The van der Waals surface area contributed by atoms with E-state index < -0.39 is 18.6 Å². The van der Waals surface area contributed by atoms with E-state index in [1.54, 1.807) is 9.80 Å². The topological polar surface area (TPSA) is 117 Å². The standard InChI is InChI=1S/C19H20F2N6O3/c1-2-16(28)26-5-3-12-17-13(25-24-12)4-6-27(14(17)9-26)18(29)10-8-23-15(7-11(10)22)30-19(20)21/h2,7-8,14,19H,1,3-6,9H2,(H2,22,23)(H,24,25). The molecule has 3 N–H and O–H groups in total. The molecule has 11 heteroatoms. The number of ether oxygens (including phenoxy) is 1. The summed E-state index contributed by atoms with van der Waals surface area (Å²) >= 11 is 0. The van der Waals surface area contributed by atoms with Crippen LogP contribution in [0.2, 0.25) is 0 Å². The van der Waals surface area contributed by atoms with Crippen LogP contribution in [0.25, 0.3) is 0 Å². The Hall–Kier alpha value is -3.50. The molecule has 2 aliphatic heterocycles. The first-order valence-corrected chi connectivity index (χ1v) is 9.37. The number of hydrogen-bond acceptors (Lipinski definition) is 6. The molecular weight excluding hydrogens is 398 g/mol. The Kier molecular flexibility index (Phi) is 5.10. The minimum absolute atomic E-state index is 0.0171. The molecule has 0 spiro atoms. The van der Waals surface area contributed by atoms with E-state index in [9.17, 15) is 18.4 Å². The minimum Gasteiger partial charge on any atom is -0.417 e. The second-order valence-electron chi connectivity index (χ2n) is 7.05. The number of rotatable bonds is 4. The Bertz CT molecular complexity index is 1010. The molecule has 30 heavy (non-hydrogen) atoms. The van der Waals surface area contributed by atoms with Gasteiger partial charge in [-0.05, 0) is 6.08 Å². The number of hydrogen-bond donors (Lipinski definition) is 2. The van der Waals surface area contributed by atoms with Gasteiger partial charge in [0.25, 0.3) is 5.91 Å². The van der Waals surface area contributed by atoms with E-state index in [2.05, 4.69) is 26.5 Å². The van der Waals surface area contributed by atoms with Crippen molar-refractivity contribution < 1.29 is 23.1 Å². The highest BCUT2D eigenvalue weighted by Crippen LogP contribution is 2.36. The average Bonchev–Trinajstić information content (AvgIpc) is 3.02. The van der Waals surface area contributed by atoms with Crippen molar-refractivity contribution in [2.24, 2.45) is 0 Å². The molecule has 1 unspecified atom stereocenters. The fourth-order valence-electron chi connectivity index (χ4n) is 3.99. The average molecular weight is 418 g/mol. The molecular formula is C19H20F2N6O3. The van der Waals surface area contributed by atoms with Crippen LogP contribution in [0.1, 0.15) is 33.4 Å². The van der Waals surface area contributed by atoms with Crippen molar-refractivity contribution >= 4 is 17.5 Å². The minimum atomic E-state index is -3.04. The monoisotopic (exact) mass is 418 g/mol. The number of halogens is 2. The SMILES string of the molecule is C=CC(=O)N1CCc2[nH]nc3c2C(C1)N(C(=O)c1cnc(OC(F)F)cc1N)CC3. The molecule has 0 saturated carbocycles. The molecule has 0 saturated heterocycles. The molecule has 0 radical (unpaired) electrons. The quantitative estimate of drug-likeness (QED) is 0.723. The summed E-state index contributed by atoms with van der Waals surface area (Å²) in [6, 6.07) is 0.677. The van der Waals surface area contributed by atoms with Crippen LogP contribution in [0.15, 0.2) is 24.9 Å². The van der Waals surface area contributed by atoms with E-state index in [0.717, 1.165) is 29.2 Å². The van der Waals surface area contributed by atoms with Crippen LogP contribution in [0, 0.1) is 0 Å². The largest absolute Gasteiger partial charge is 0.417 e. The van der Waals surface area contributed by atoms with Gasteiger partial charge in [0, 0.05) is 56.0 Å². The molecule has 4 rings (SSSR count). The third kappa shape index (κ3) is 3.46. The number of amides is 2. The van der Waals surface area contributed by atoms with Crippen molar-refractivity contribution in [2.75, 3.05) is 25.4 Å². The summed E-state index contributed by atoms with van der Waals surface area (Å²) < 4.78 is 29.0. The van der Waals surface area contributed by atoms with Crippen molar-refractivity contribution in [1.82, 2.24) is 25.0 Å². The maximum absolute atomic E-state index is 13.3. The number of nitrogens with one attached hydrogen (secondary N) is 1. The Labute approximate surface area is 170 Å². The molecule has 2 aromatic heterocycles. The maximum atomic E-state index is 13.3. The molecule has 1 atom stereocenters. The van der Waals surface area contributed by atoms with Crippen molar-refractivity contribution in [1.29, 1.82) is 0 Å². The predicted molar refractivity (Wildman–Crippen MR) is 102 cm³/mol. The molecule has 2 aliphatic rings. The summed E-state index contributed by atoms with van der Waals surface area (Å²) in [5, 5.41) is 7.39. The molecule has 2 aromatic rings. The van der Waals surface area contributed by atoms with Gasteiger partial charge in [0.15, 0.2) is 0 Å². The van der Waals surface area contributed by atoms with Crippen LogP contribution in [0.5, 0.6) is 5.88 Å². The summed E-state index contributed by atoms with van der Waals surface area (Å²) in [5.74, 6) is -0.990. The third-order valence-electron chi connectivity index (χ3n) is 5.38. The first-order valence-electron chi connectivity index (χ1n) is 9.37. The number of anilines is 1. The number of pyridine rings is 1. The predicted octanol–water partition coefficient (Wildman–Crippen LogP) is 1.30. The zero-order valence-corrected chi connectivity index (χ0v) is 16.0. The van der Waals surface area contributed by atoms with E-state index in [1.807, 2.05) is 0 Å². The smallest absolute Gasteiger partial charge is 0.388 e. The molecule has 4 heterocycles. The Morgan fingerprint density at radius 2 is 2.17 bits per heavy atom. The highest BCUT2D eigenvalue weighted by atomic mass is 19.3. The van der Waals surface area contributed by atoms with E-state index >= 15 is 0 Å². The van der Waals surface area contributed by atoms with Gasteiger partial charge in [-0.1, -0.05) is 6.58 Å². The first-order chi connectivity index (χ1) is 14.4. The third-order valence-corrected chi connectivity index (χ3v) is 5.38. The van der Waals surface area contributed by atoms with Gasteiger partial charge in [0.2, 0.25) is 11.8 Å². The summed E-state index contributed by atoms with van der Waals surface area (Å²) in [7, 11) is 0. The summed E-state index contributed by atoms with van der Waals surface area (Å²) in [5.41, 5.74) is 8.67.